The molecule has 0 aliphatic rings. The fraction of sp³-hybridized carbons (Fsp3) is 0.667. The quantitative estimate of drug-likeness (QED) is 0.816. The van der Waals surface area contributed by atoms with Crippen LogP contribution in [0.3, 0.4) is 0 Å². The molecule has 1 aromatic rings. The molecular formula is C12H21ClN4S. The van der Waals surface area contributed by atoms with Gasteiger partial charge >= 0.3 is 0 Å². The van der Waals surface area contributed by atoms with Crippen molar-refractivity contribution in [1.82, 2.24) is 14.7 Å². The van der Waals surface area contributed by atoms with Crippen LogP contribution in [0.5, 0.6) is 0 Å². The number of rotatable bonds is 6. The molecule has 1 unspecified atom stereocenters. The zero-order chi connectivity index (χ0) is 13.9. The largest absolute Gasteiger partial charge is 0.393 e. The molecule has 1 atom stereocenters. The van der Waals surface area contributed by atoms with Crippen LogP contribution >= 0.6 is 23.8 Å². The Kier molecular flexibility index (Phi) is 5.56. The third-order valence-electron chi connectivity index (χ3n) is 2.94. The van der Waals surface area contributed by atoms with Gasteiger partial charge in [-0.1, -0.05) is 30.7 Å². The molecule has 0 saturated carbocycles. The lowest BCUT2D eigenvalue weighted by molar-refractivity contribution is 0.297. The molecule has 0 spiro atoms. The Morgan fingerprint density at radius 2 is 2.22 bits per heavy atom. The van der Waals surface area contributed by atoms with Gasteiger partial charge in [0.25, 0.3) is 0 Å². The van der Waals surface area contributed by atoms with Crippen LogP contribution in [0.15, 0.2) is 0 Å². The number of aromatic nitrogens is 2. The van der Waals surface area contributed by atoms with E-state index in [4.69, 9.17) is 29.6 Å². The number of hydrogen-bond donors (Lipinski definition) is 1. The molecule has 6 heteroatoms. The third-order valence-corrected chi connectivity index (χ3v) is 3.84. The molecule has 1 rings (SSSR count). The Bertz CT molecular complexity index is 430. The predicted octanol–water partition coefficient (Wildman–Crippen LogP) is 2.22. The lowest BCUT2D eigenvalue weighted by Crippen LogP contribution is -2.31. The second-order valence-electron chi connectivity index (χ2n) is 4.66. The molecular weight excluding hydrogens is 268 g/mol. The van der Waals surface area contributed by atoms with Crippen molar-refractivity contribution in [1.29, 1.82) is 0 Å². The minimum absolute atomic E-state index is 0.197. The van der Waals surface area contributed by atoms with E-state index in [0.29, 0.717) is 4.99 Å². The van der Waals surface area contributed by atoms with Gasteiger partial charge in [-0.25, -0.2) is 0 Å². The molecule has 0 saturated heterocycles. The van der Waals surface area contributed by atoms with Crippen LogP contribution in [0.1, 0.15) is 25.2 Å². The van der Waals surface area contributed by atoms with E-state index in [1.807, 2.05) is 25.6 Å². The molecule has 0 aliphatic carbocycles. The summed E-state index contributed by atoms with van der Waals surface area (Å²) in [5, 5.41) is 5.16. The second kappa shape index (κ2) is 6.50. The van der Waals surface area contributed by atoms with Gasteiger partial charge < -0.3 is 5.73 Å². The molecule has 1 heterocycles. The Morgan fingerprint density at radius 3 is 2.72 bits per heavy atom. The molecule has 2 N–H and O–H groups in total. The van der Waals surface area contributed by atoms with E-state index in [0.717, 1.165) is 36.0 Å². The van der Waals surface area contributed by atoms with E-state index in [1.54, 1.807) is 0 Å². The average molecular weight is 289 g/mol. The normalized spacial score (nSPS) is 13.0. The highest BCUT2D eigenvalue weighted by Gasteiger charge is 2.16. The summed E-state index contributed by atoms with van der Waals surface area (Å²) in [6.07, 6.45) is 0. The molecule has 18 heavy (non-hydrogen) atoms. The SMILES string of the molecule is CCn1nc(C)c(Cl)c1CN(C)CC(C)C(N)=S. The Hall–Kier alpha value is -0.650. The first kappa shape index (κ1) is 15.4. The van der Waals surface area contributed by atoms with Crippen LogP contribution in [-0.4, -0.2) is 33.3 Å². The van der Waals surface area contributed by atoms with E-state index in [1.165, 1.54) is 0 Å². The highest BCUT2D eigenvalue weighted by molar-refractivity contribution is 7.80. The average Bonchev–Trinajstić information content (AvgIpc) is 2.56. The van der Waals surface area contributed by atoms with Crippen LogP contribution in [0.25, 0.3) is 0 Å². The minimum atomic E-state index is 0.197. The summed E-state index contributed by atoms with van der Waals surface area (Å²) in [6, 6.07) is 0. The van der Waals surface area contributed by atoms with Gasteiger partial charge in [-0.2, -0.15) is 5.10 Å². The van der Waals surface area contributed by atoms with Gasteiger partial charge in [0.15, 0.2) is 0 Å². The molecule has 1 aromatic heterocycles. The van der Waals surface area contributed by atoms with Gasteiger partial charge in [0.05, 0.1) is 21.4 Å². The highest BCUT2D eigenvalue weighted by Crippen LogP contribution is 2.21. The summed E-state index contributed by atoms with van der Waals surface area (Å²) < 4.78 is 1.94. The maximum absolute atomic E-state index is 6.28. The van der Waals surface area contributed by atoms with Crippen LogP contribution in [0.4, 0.5) is 0 Å². The van der Waals surface area contributed by atoms with Crippen molar-refractivity contribution in [2.75, 3.05) is 13.6 Å². The van der Waals surface area contributed by atoms with E-state index < -0.39 is 0 Å². The first-order chi connectivity index (χ1) is 8.36. The second-order valence-corrected chi connectivity index (χ2v) is 5.51. The lowest BCUT2D eigenvalue weighted by Gasteiger charge is -2.21. The van der Waals surface area contributed by atoms with E-state index >= 15 is 0 Å². The number of nitrogens with two attached hydrogens (primary N) is 1. The maximum Gasteiger partial charge on any atom is 0.0860 e. The van der Waals surface area contributed by atoms with Crippen molar-refractivity contribution in [2.45, 2.75) is 33.9 Å². The maximum atomic E-state index is 6.28. The van der Waals surface area contributed by atoms with Crippen molar-refractivity contribution in [2.24, 2.45) is 11.7 Å². The third kappa shape index (κ3) is 3.67. The minimum Gasteiger partial charge on any atom is -0.393 e. The number of hydrogen-bond acceptors (Lipinski definition) is 3. The summed E-state index contributed by atoms with van der Waals surface area (Å²) in [5.74, 6) is 0.197. The topological polar surface area (TPSA) is 47.1 Å². The number of thiocarbonyl (C=S) groups is 1. The number of nitrogens with zero attached hydrogens (tertiary/aromatic N) is 3. The molecule has 0 bridgehead atoms. The standard InChI is InChI=1S/C12H21ClN4S/c1-5-17-10(11(13)9(3)15-17)7-16(4)6-8(2)12(14)18/h8H,5-7H2,1-4H3,(H2,14,18). The molecule has 0 fully saturated rings. The van der Waals surface area contributed by atoms with E-state index in [-0.39, 0.29) is 5.92 Å². The lowest BCUT2D eigenvalue weighted by atomic mass is 10.1. The molecule has 102 valence electrons. The smallest absolute Gasteiger partial charge is 0.0860 e. The zero-order valence-corrected chi connectivity index (χ0v) is 13.0. The summed E-state index contributed by atoms with van der Waals surface area (Å²) in [5.41, 5.74) is 7.56. The van der Waals surface area contributed by atoms with Crippen LogP contribution in [0.2, 0.25) is 5.02 Å². The predicted molar refractivity (Wildman–Crippen MR) is 79.9 cm³/mol. The molecule has 0 radical (unpaired) electrons. The van der Waals surface area contributed by atoms with Gasteiger partial charge in [-0.15, -0.1) is 0 Å². The highest BCUT2D eigenvalue weighted by atomic mass is 35.5. The summed E-state index contributed by atoms with van der Waals surface area (Å²) in [4.78, 5) is 2.71. The first-order valence-corrected chi connectivity index (χ1v) is 6.85. The Balaban J connectivity index is 2.75. The van der Waals surface area contributed by atoms with Crippen LogP contribution in [0, 0.1) is 12.8 Å². The fourth-order valence-electron chi connectivity index (χ4n) is 1.90. The summed E-state index contributed by atoms with van der Waals surface area (Å²) in [7, 11) is 2.04. The van der Waals surface area contributed by atoms with E-state index in [2.05, 4.69) is 16.9 Å². The molecule has 0 aromatic carbocycles. The molecule has 4 nitrogen and oxygen atoms in total. The molecule has 0 amide bonds. The number of halogens is 1. The number of aryl methyl sites for hydroxylation is 2. The van der Waals surface area contributed by atoms with Gasteiger partial charge in [-0.3, -0.25) is 9.58 Å². The van der Waals surface area contributed by atoms with Crippen LogP contribution < -0.4 is 5.73 Å². The van der Waals surface area contributed by atoms with Crippen molar-refractivity contribution in [3.05, 3.63) is 16.4 Å². The van der Waals surface area contributed by atoms with Crippen LogP contribution in [-0.2, 0) is 13.1 Å². The van der Waals surface area contributed by atoms with Crippen molar-refractivity contribution in [3.63, 3.8) is 0 Å². The van der Waals surface area contributed by atoms with Gasteiger partial charge in [0.1, 0.15) is 0 Å². The van der Waals surface area contributed by atoms with Gasteiger partial charge in [-0.05, 0) is 20.9 Å². The molecule has 0 aliphatic heterocycles. The summed E-state index contributed by atoms with van der Waals surface area (Å²) in [6.45, 7) is 8.41. The van der Waals surface area contributed by atoms with Gasteiger partial charge in [0.2, 0.25) is 0 Å². The fourth-order valence-corrected chi connectivity index (χ4v) is 2.17. The summed E-state index contributed by atoms with van der Waals surface area (Å²) >= 11 is 11.3. The van der Waals surface area contributed by atoms with Crippen molar-refractivity contribution in [3.8, 4) is 0 Å². The Morgan fingerprint density at radius 1 is 1.61 bits per heavy atom. The monoisotopic (exact) mass is 288 g/mol. The van der Waals surface area contributed by atoms with Crippen molar-refractivity contribution < 1.29 is 0 Å². The Labute approximate surface area is 119 Å². The first-order valence-electron chi connectivity index (χ1n) is 6.06. The van der Waals surface area contributed by atoms with E-state index in [9.17, 15) is 0 Å². The van der Waals surface area contributed by atoms with Gasteiger partial charge in [0, 0.05) is 25.6 Å². The van der Waals surface area contributed by atoms with Crippen molar-refractivity contribution >= 4 is 28.8 Å². The zero-order valence-electron chi connectivity index (χ0n) is 11.4.